The molecule has 0 saturated heterocycles. The van der Waals surface area contributed by atoms with Crippen LogP contribution in [-0.2, 0) is 6.54 Å². The van der Waals surface area contributed by atoms with Crippen LogP contribution in [0.25, 0.3) is 11.6 Å². The zero-order chi connectivity index (χ0) is 21.9. The number of allylic oxidation sites excluding steroid dienone is 1. The summed E-state index contributed by atoms with van der Waals surface area (Å²) in [6.07, 6.45) is 3.81. The second-order valence-corrected chi connectivity index (χ2v) is 8.34. The average Bonchev–Trinajstić information content (AvgIpc) is 3.37. The molecular formula is C26H21N3O2S. The van der Waals surface area contributed by atoms with E-state index in [1.165, 1.54) is 11.3 Å². The van der Waals surface area contributed by atoms with Crippen molar-refractivity contribution in [2.24, 2.45) is 9.98 Å². The summed E-state index contributed by atoms with van der Waals surface area (Å²) in [5.74, 6) is 0.984. The van der Waals surface area contributed by atoms with E-state index in [1.807, 2.05) is 95.7 Å². The number of para-hydroxylation sites is 2. The van der Waals surface area contributed by atoms with Gasteiger partial charge in [0.15, 0.2) is 4.80 Å². The van der Waals surface area contributed by atoms with E-state index >= 15 is 0 Å². The normalized spacial score (nSPS) is 14.2. The summed E-state index contributed by atoms with van der Waals surface area (Å²) in [4.78, 5) is 10.7. The van der Waals surface area contributed by atoms with Crippen molar-refractivity contribution in [2.45, 2.75) is 6.54 Å². The lowest BCUT2D eigenvalue weighted by atomic mass is 10.1. The highest BCUT2D eigenvalue weighted by molar-refractivity contribution is 7.10. The van der Waals surface area contributed by atoms with Gasteiger partial charge in [-0.25, -0.2) is 4.99 Å². The van der Waals surface area contributed by atoms with Gasteiger partial charge in [-0.2, -0.15) is 0 Å². The Kier molecular flexibility index (Phi) is 5.44. The molecule has 1 aliphatic heterocycles. The van der Waals surface area contributed by atoms with Gasteiger partial charge in [-0.05, 0) is 42.0 Å². The largest absolute Gasteiger partial charge is 0.497 e. The summed E-state index contributed by atoms with van der Waals surface area (Å²) in [5, 5.41) is 11.2. The number of aliphatic imine (C=N–C) groups is 1. The van der Waals surface area contributed by atoms with Gasteiger partial charge >= 0.3 is 0 Å². The van der Waals surface area contributed by atoms with Crippen molar-refractivity contribution in [1.82, 2.24) is 4.57 Å². The van der Waals surface area contributed by atoms with Crippen LogP contribution in [0.1, 0.15) is 16.0 Å². The summed E-state index contributed by atoms with van der Waals surface area (Å²) >= 11 is 1.45. The van der Waals surface area contributed by atoms with Crippen molar-refractivity contribution in [2.75, 3.05) is 7.11 Å². The number of ether oxygens (including phenoxy) is 1. The van der Waals surface area contributed by atoms with Crippen molar-refractivity contribution in [3.63, 3.8) is 0 Å². The van der Waals surface area contributed by atoms with Gasteiger partial charge in [0.25, 0.3) is 0 Å². The molecule has 0 fully saturated rings. The van der Waals surface area contributed by atoms with Gasteiger partial charge in [0.05, 0.1) is 29.9 Å². The number of methoxy groups -OCH3 is 1. The number of nitrogens with zero attached hydrogens (tertiary/aromatic N) is 3. The van der Waals surface area contributed by atoms with Crippen LogP contribution < -0.4 is 9.54 Å². The minimum Gasteiger partial charge on any atom is -0.497 e. The maximum absolute atomic E-state index is 11.2. The molecule has 4 aromatic rings. The Morgan fingerprint density at radius 3 is 2.53 bits per heavy atom. The molecule has 1 N–H and O–H groups in total. The van der Waals surface area contributed by atoms with Gasteiger partial charge in [0.2, 0.25) is 5.88 Å². The molecule has 32 heavy (non-hydrogen) atoms. The number of benzene rings is 3. The summed E-state index contributed by atoms with van der Waals surface area (Å²) in [7, 11) is 1.65. The van der Waals surface area contributed by atoms with Gasteiger partial charge in [0, 0.05) is 17.4 Å². The van der Waals surface area contributed by atoms with Gasteiger partial charge in [-0.15, -0.1) is 0 Å². The fourth-order valence-corrected chi connectivity index (χ4v) is 4.56. The molecule has 0 aliphatic carbocycles. The predicted molar refractivity (Wildman–Crippen MR) is 130 cm³/mol. The van der Waals surface area contributed by atoms with E-state index in [9.17, 15) is 5.11 Å². The first-order valence-electron chi connectivity index (χ1n) is 10.2. The highest BCUT2D eigenvalue weighted by atomic mass is 32.1. The molecule has 1 aliphatic rings. The van der Waals surface area contributed by atoms with E-state index in [2.05, 4.69) is 4.99 Å². The third kappa shape index (κ3) is 4.00. The minimum absolute atomic E-state index is 0.186. The summed E-state index contributed by atoms with van der Waals surface area (Å²) in [6, 6.07) is 25.6. The Morgan fingerprint density at radius 2 is 1.75 bits per heavy atom. The topological polar surface area (TPSA) is 59.1 Å². The molecule has 2 heterocycles. The summed E-state index contributed by atoms with van der Waals surface area (Å²) in [5.41, 5.74) is 4.85. The van der Waals surface area contributed by atoms with Crippen molar-refractivity contribution in [3.8, 4) is 11.6 Å². The standard InChI is InChI=1S/C26H21N3O2S/c1-31-21-13-11-18(12-14-21)17-29-25(30)24(32-26(29)28-20-7-3-2-4-8-20)15-19-16-27-23-10-6-5-9-22(19)23/h2-16,30H,17H2,1H3/b19-15-,28-26?. The van der Waals surface area contributed by atoms with Crippen molar-refractivity contribution < 1.29 is 9.84 Å². The van der Waals surface area contributed by atoms with Crippen LogP contribution in [0.15, 0.2) is 88.8 Å². The highest BCUT2D eigenvalue weighted by Gasteiger charge is 2.16. The Balaban J connectivity index is 1.60. The van der Waals surface area contributed by atoms with Crippen molar-refractivity contribution >= 4 is 40.6 Å². The molecule has 5 nitrogen and oxygen atoms in total. The Bertz CT molecular complexity index is 1380. The highest BCUT2D eigenvalue weighted by Crippen LogP contribution is 2.34. The number of fused-ring (bicyclic) bond motifs is 1. The Labute approximate surface area is 190 Å². The lowest BCUT2D eigenvalue weighted by Gasteiger charge is -2.07. The zero-order valence-corrected chi connectivity index (χ0v) is 18.3. The lowest BCUT2D eigenvalue weighted by molar-refractivity contribution is 0.413. The molecule has 0 bridgehead atoms. The first-order valence-corrected chi connectivity index (χ1v) is 11.0. The average molecular weight is 440 g/mol. The molecular weight excluding hydrogens is 418 g/mol. The van der Waals surface area contributed by atoms with Crippen LogP contribution in [0, 0.1) is 0 Å². The first kappa shape index (κ1) is 20.0. The Morgan fingerprint density at radius 1 is 1.00 bits per heavy atom. The first-order chi connectivity index (χ1) is 15.7. The number of hydrogen-bond acceptors (Lipinski definition) is 5. The van der Waals surface area contributed by atoms with Gasteiger partial charge in [-0.1, -0.05) is 59.9 Å². The molecule has 0 radical (unpaired) electrons. The minimum atomic E-state index is 0.186. The molecule has 0 unspecified atom stereocenters. The molecule has 6 heteroatoms. The second-order valence-electron chi connectivity index (χ2n) is 7.33. The Hall–Kier alpha value is -3.90. The molecule has 5 rings (SSSR count). The molecule has 0 atom stereocenters. The number of hydrogen-bond donors (Lipinski definition) is 1. The molecule has 3 aromatic carbocycles. The maximum atomic E-state index is 11.2. The van der Waals surface area contributed by atoms with Crippen LogP contribution >= 0.6 is 11.3 Å². The number of thiazole rings is 1. The smallest absolute Gasteiger partial charge is 0.211 e. The quantitative estimate of drug-likeness (QED) is 0.427. The fraction of sp³-hybridized carbons (Fsp3) is 0.0769. The van der Waals surface area contributed by atoms with E-state index in [0.717, 1.165) is 43.5 Å². The van der Waals surface area contributed by atoms with Gasteiger partial charge < -0.3 is 9.84 Å². The van der Waals surface area contributed by atoms with E-state index in [0.29, 0.717) is 6.54 Å². The number of aromatic hydroxyl groups is 1. The van der Waals surface area contributed by atoms with E-state index in [4.69, 9.17) is 9.73 Å². The monoisotopic (exact) mass is 439 g/mol. The summed E-state index contributed by atoms with van der Waals surface area (Å²) in [6.45, 7) is 0.492. The van der Waals surface area contributed by atoms with Gasteiger partial charge in [0.1, 0.15) is 5.75 Å². The molecule has 0 spiro atoms. The van der Waals surface area contributed by atoms with E-state index in [1.54, 1.807) is 7.11 Å². The second kappa shape index (κ2) is 8.69. The molecule has 0 amide bonds. The molecule has 1 aromatic heterocycles. The van der Waals surface area contributed by atoms with Gasteiger partial charge in [-0.3, -0.25) is 9.56 Å². The SMILES string of the molecule is COc1ccc(Cn2c(O)c(/C=C3/C=Nc4ccccc43)sc2=Nc2ccccc2)cc1. The summed E-state index contributed by atoms with van der Waals surface area (Å²) < 4.78 is 7.10. The third-order valence-corrected chi connectivity index (χ3v) is 6.25. The lowest BCUT2D eigenvalue weighted by Crippen LogP contribution is -2.14. The van der Waals surface area contributed by atoms with Crippen LogP contribution in [0.3, 0.4) is 0 Å². The van der Waals surface area contributed by atoms with Crippen molar-refractivity contribution in [1.29, 1.82) is 0 Å². The number of aromatic nitrogens is 1. The van der Waals surface area contributed by atoms with Crippen LogP contribution in [0.2, 0.25) is 0 Å². The molecule has 0 saturated carbocycles. The van der Waals surface area contributed by atoms with Crippen LogP contribution in [0.5, 0.6) is 11.6 Å². The fourth-order valence-electron chi connectivity index (χ4n) is 3.56. The van der Waals surface area contributed by atoms with Crippen LogP contribution in [0.4, 0.5) is 11.4 Å². The molecule has 158 valence electrons. The zero-order valence-electron chi connectivity index (χ0n) is 17.5. The number of rotatable bonds is 5. The third-order valence-electron chi connectivity index (χ3n) is 5.23. The predicted octanol–water partition coefficient (Wildman–Crippen LogP) is 5.80. The van der Waals surface area contributed by atoms with E-state index in [-0.39, 0.29) is 5.88 Å². The van der Waals surface area contributed by atoms with E-state index < -0.39 is 0 Å². The van der Waals surface area contributed by atoms with Crippen LogP contribution in [-0.4, -0.2) is 23.0 Å². The maximum Gasteiger partial charge on any atom is 0.211 e. The van der Waals surface area contributed by atoms with Crippen molar-refractivity contribution in [3.05, 3.63) is 99.7 Å².